The minimum Gasteiger partial charge on any atom is -0.497 e. The van der Waals surface area contributed by atoms with E-state index in [2.05, 4.69) is 60.0 Å². The van der Waals surface area contributed by atoms with Gasteiger partial charge in [0.2, 0.25) is 0 Å². The zero-order valence-corrected chi connectivity index (χ0v) is 19.7. The van der Waals surface area contributed by atoms with E-state index in [0.29, 0.717) is 18.4 Å². The maximum Gasteiger partial charge on any atom is 0.305 e. The van der Waals surface area contributed by atoms with Crippen molar-refractivity contribution in [2.75, 3.05) is 20.8 Å². The summed E-state index contributed by atoms with van der Waals surface area (Å²) in [4.78, 5) is 11.5. The fourth-order valence-electron chi connectivity index (χ4n) is 4.70. The number of benzene rings is 2. The van der Waals surface area contributed by atoms with Gasteiger partial charge in [0.05, 0.1) is 14.2 Å². The molecule has 1 saturated carbocycles. The Kier molecular flexibility index (Phi) is 9.57. The number of hydrogen-bond donors (Lipinski definition) is 2. The largest absolute Gasteiger partial charge is 0.497 e. The average molecular weight is 439 g/mol. The molecular weight excluding hydrogens is 400 g/mol. The van der Waals surface area contributed by atoms with Gasteiger partial charge in [-0.3, -0.25) is 4.79 Å². The molecule has 174 valence electrons. The van der Waals surface area contributed by atoms with Gasteiger partial charge in [0.1, 0.15) is 5.75 Å². The van der Waals surface area contributed by atoms with E-state index in [9.17, 15) is 4.79 Å². The summed E-state index contributed by atoms with van der Waals surface area (Å²) in [5, 5.41) is 7.65. The van der Waals surface area contributed by atoms with Crippen molar-refractivity contribution in [2.24, 2.45) is 5.92 Å². The van der Waals surface area contributed by atoms with Gasteiger partial charge in [-0.25, -0.2) is 0 Å². The lowest BCUT2D eigenvalue weighted by atomic mass is 9.83. The summed E-state index contributed by atoms with van der Waals surface area (Å²) < 4.78 is 10.2. The smallest absolute Gasteiger partial charge is 0.305 e. The van der Waals surface area contributed by atoms with Gasteiger partial charge in [-0.05, 0) is 55.4 Å². The number of rotatable bonds is 11. The second-order valence-corrected chi connectivity index (χ2v) is 8.88. The van der Waals surface area contributed by atoms with Crippen LogP contribution >= 0.6 is 0 Å². The zero-order chi connectivity index (χ0) is 22.8. The molecule has 2 aromatic carbocycles. The molecule has 1 aliphatic rings. The normalized spacial score (nSPS) is 20.3. The molecule has 0 radical (unpaired) electrons. The topological polar surface area (TPSA) is 59.6 Å². The predicted molar refractivity (Wildman–Crippen MR) is 129 cm³/mol. The van der Waals surface area contributed by atoms with E-state index >= 15 is 0 Å². The van der Waals surface area contributed by atoms with Crippen molar-refractivity contribution in [3.05, 3.63) is 65.7 Å². The minimum atomic E-state index is -0.0984. The van der Waals surface area contributed by atoms with Crippen LogP contribution in [0, 0.1) is 5.92 Å². The lowest BCUT2D eigenvalue weighted by molar-refractivity contribution is -0.141. The lowest BCUT2D eigenvalue weighted by Gasteiger charge is -2.32. The Hall–Kier alpha value is -2.37. The van der Waals surface area contributed by atoms with E-state index in [1.54, 1.807) is 7.11 Å². The number of esters is 1. The molecule has 0 aliphatic heterocycles. The van der Waals surface area contributed by atoms with Crippen molar-refractivity contribution in [3.8, 4) is 5.75 Å². The van der Waals surface area contributed by atoms with Crippen LogP contribution in [0.15, 0.2) is 54.6 Å². The second-order valence-electron chi connectivity index (χ2n) is 8.88. The monoisotopic (exact) mass is 438 g/mol. The summed E-state index contributed by atoms with van der Waals surface area (Å²) in [5.41, 5.74) is 2.53. The Balaban J connectivity index is 1.62. The maximum absolute atomic E-state index is 11.5. The Bertz CT molecular complexity index is 809. The van der Waals surface area contributed by atoms with E-state index in [0.717, 1.165) is 25.1 Å². The van der Waals surface area contributed by atoms with Crippen LogP contribution in [-0.2, 0) is 9.53 Å². The van der Waals surface area contributed by atoms with E-state index in [4.69, 9.17) is 9.47 Å². The maximum atomic E-state index is 11.5. The SMILES string of the molecule is COC(=O)CCC1CCCC(NCC(NC(C)c2ccccc2)c2ccc(OC)cc2)C1. The molecule has 5 heteroatoms. The molecule has 32 heavy (non-hydrogen) atoms. The number of ether oxygens (including phenoxy) is 2. The molecule has 0 heterocycles. The Morgan fingerprint density at radius 2 is 1.78 bits per heavy atom. The molecule has 4 unspecified atom stereocenters. The van der Waals surface area contributed by atoms with Gasteiger partial charge in [-0.15, -0.1) is 0 Å². The second kappa shape index (κ2) is 12.6. The third-order valence-corrected chi connectivity index (χ3v) is 6.65. The van der Waals surface area contributed by atoms with Gasteiger partial charge in [0, 0.05) is 31.1 Å². The third-order valence-electron chi connectivity index (χ3n) is 6.65. The molecule has 0 bridgehead atoms. The summed E-state index contributed by atoms with van der Waals surface area (Å²) in [6, 6.07) is 19.8. The van der Waals surface area contributed by atoms with Gasteiger partial charge in [-0.1, -0.05) is 55.3 Å². The Morgan fingerprint density at radius 3 is 2.47 bits per heavy atom. The highest BCUT2D eigenvalue weighted by molar-refractivity contribution is 5.69. The fourth-order valence-corrected chi connectivity index (χ4v) is 4.70. The third kappa shape index (κ3) is 7.35. The van der Waals surface area contributed by atoms with Crippen LogP contribution in [0.3, 0.4) is 0 Å². The summed E-state index contributed by atoms with van der Waals surface area (Å²) in [6.07, 6.45) is 6.19. The summed E-state index contributed by atoms with van der Waals surface area (Å²) in [7, 11) is 3.17. The van der Waals surface area contributed by atoms with Gasteiger partial charge in [0.15, 0.2) is 0 Å². The molecule has 2 N–H and O–H groups in total. The van der Waals surface area contributed by atoms with Crippen molar-refractivity contribution in [1.82, 2.24) is 10.6 Å². The van der Waals surface area contributed by atoms with Crippen LogP contribution in [0.2, 0.25) is 0 Å². The zero-order valence-electron chi connectivity index (χ0n) is 19.7. The highest BCUT2D eigenvalue weighted by Crippen LogP contribution is 2.29. The molecule has 5 nitrogen and oxygen atoms in total. The van der Waals surface area contributed by atoms with E-state index in [-0.39, 0.29) is 18.1 Å². The molecular formula is C27H38N2O3. The van der Waals surface area contributed by atoms with Crippen LogP contribution in [0.25, 0.3) is 0 Å². The van der Waals surface area contributed by atoms with Crippen LogP contribution < -0.4 is 15.4 Å². The first-order valence-corrected chi connectivity index (χ1v) is 11.8. The standard InChI is InChI=1S/C27H38N2O3/c1-20(22-9-5-4-6-10-22)29-26(23-13-15-25(31-2)16-14-23)19-28-24-11-7-8-21(18-24)12-17-27(30)32-3/h4-6,9-10,13-16,20-21,24,26,28-29H,7-8,11-12,17-19H2,1-3H3. The highest BCUT2D eigenvalue weighted by Gasteiger charge is 2.24. The van der Waals surface area contributed by atoms with Crippen LogP contribution in [0.5, 0.6) is 5.75 Å². The summed E-state index contributed by atoms with van der Waals surface area (Å²) in [6.45, 7) is 3.08. The molecule has 0 spiro atoms. The van der Waals surface area contributed by atoms with E-state index in [1.165, 1.54) is 37.5 Å². The summed E-state index contributed by atoms with van der Waals surface area (Å²) >= 11 is 0. The minimum absolute atomic E-state index is 0.0984. The highest BCUT2D eigenvalue weighted by atomic mass is 16.5. The number of carbonyl (C=O) groups excluding carboxylic acids is 1. The van der Waals surface area contributed by atoms with E-state index in [1.807, 2.05) is 12.1 Å². The van der Waals surface area contributed by atoms with Crippen molar-refractivity contribution >= 4 is 5.97 Å². The van der Waals surface area contributed by atoms with Crippen molar-refractivity contribution in [3.63, 3.8) is 0 Å². The Labute approximate surface area is 192 Å². The van der Waals surface area contributed by atoms with Gasteiger partial charge in [-0.2, -0.15) is 0 Å². The first-order chi connectivity index (χ1) is 15.6. The molecule has 4 atom stereocenters. The van der Waals surface area contributed by atoms with Crippen LogP contribution in [-0.4, -0.2) is 32.8 Å². The molecule has 0 amide bonds. The summed E-state index contributed by atoms with van der Waals surface area (Å²) in [5.74, 6) is 1.37. The molecule has 1 fully saturated rings. The molecule has 0 aromatic heterocycles. The number of nitrogens with one attached hydrogen (secondary N) is 2. The quantitative estimate of drug-likeness (QED) is 0.473. The van der Waals surface area contributed by atoms with Crippen molar-refractivity contribution in [2.45, 2.75) is 63.6 Å². The lowest BCUT2D eigenvalue weighted by Crippen LogP contribution is -2.40. The van der Waals surface area contributed by atoms with E-state index < -0.39 is 0 Å². The van der Waals surface area contributed by atoms with Crippen molar-refractivity contribution < 1.29 is 14.3 Å². The van der Waals surface area contributed by atoms with Crippen LogP contribution in [0.4, 0.5) is 0 Å². The predicted octanol–water partition coefficient (Wildman–Crippen LogP) is 5.19. The fraction of sp³-hybridized carbons (Fsp3) is 0.519. The molecule has 0 saturated heterocycles. The van der Waals surface area contributed by atoms with Crippen molar-refractivity contribution in [1.29, 1.82) is 0 Å². The van der Waals surface area contributed by atoms with Gasteiger partial charge < -0.3 is 20.1 Å². The average Bonchev–Trinajstić information content (AvgIpc) is 2.85. The number of carbonyl (C=O) groups is 1. The molecule has 3 rings (SSSR count). The first-order valence-electron chi connectivity index (χ1n) is 11.8. The van der Waals surface area contributed by atoms with Crippen LogP contribution in [0.1, 0.15) is 68.7 Å². The first kappa shape index (κ1) is 24.3. The Morgan fingerprint density at radius 1 is 1.03 bits per heavy atom. The number of hydrogen-bond acceptors (Lipinski definition) is 5. The number of methoxy groups -OCH3 is 2. The van der Waals surface area contributed by atoms with Gasteiger partial charge >= 0.3 is 5.97 Å². The molecule has 2 aromatic rings. The molecule has 1 aliphatic carbocycles. The van der Waals surface area contributed by atoms with Gasteiger partial charge in [0.25, 0.3) is 0 Å².